The fourth-order valence-corrected chi connectivity index (χ4v) is 4.80. The molecular formula is C17H27NO3S. The minimum atomic E-state index is -4.01. The van der Waals surface area contributed by atoms with Crippen LogP contribution >= 0.6 is 0 Å². The number of hydrogen-bond donors (Lipinski definition) is 1. The van der Waals surface area contributed by atoms with Gasteiger partial charge in [0.2, 0.25) is 0 Å². The summed E-state index contributed by atoms with van der Waals surface area (Å²) >= 11 is 0. The van der Waals surface area contributed by atoms with E-state index in [1.165, 1.54) is 0 Å². The van der Waals surface area contributed by atoms with Crippen molar-refractivity contribution < 1.29 is 12.6 Å². The monoisotopic (exact) mass is 325 g/mol. The number of rotatable bonds is 5. The van der Waals surface area contributed by atoms with Crippen LogP contribution in [0, 0.1) is 11.3 Å². The minimum absolute atomic E-state index is 0.229. The number of benzene rings is 1. The molecule has 0 bridgehead atoms. The zero-order valence-electron chi connectivity index (χ0n) is 13.7. The summed E-state index contributed by atoms with van der Waals surface area (Å²) in [6, 6.07) is 9.93. The van der Waals surface area contributed by atoms with E-state index >= 15 is 0 Å². The van der Waals surface area contributed by atoms with E-state index in [2.05, 4.69) is 20.8 Å². The fraction of sp³-hybridized carbons (Fsp3) is 0.647. The highest BCUT2D eigenvalue weighted by atomic mass is 32.2. The van der Waals surface area contributed by atoms with Crippen LogP contribution in [0.3, 0.4) is 0 Å². The average Bonchev–Trinajstić information content (AvgIpc) is 2.44. The summed E-state index contributed by atoms with van der Waals surface area (Å²) < 4.78 is 29.1. The van der Waals surface area contributed by atoms with Gasteiger partial charge in [-0.1, -0.05) is 57.5 Å². The van der Waals surface area contributed by atoms with Crippen LogP contribution in [0.2, 0.25) is 0 Å². The van der Waals surface area contributed by atoms with Gasteiger partial charge in [-0.3, -0.25) is 4.18 Å². The summed E-state index contributed by atoms with van der Waals surface area (Å²) in [7, 11) is -4.01. The van der Waals surface area contributed by atoms with Gasteiger partial charge in [0.1, 0.15) is 0 Å². The average molecular weight is 325 g/mol. The zero-order valence-corrected chi connectivity index (χ0v) is 14.5. The lowest BCUT2D eigenvalue weighted by Gasteiger charge is -2.54. The molecule has 0 saturated heterocycles. The number of nitrogens with two attached hydrogens (primary N) is 1. The molecule has 0 amide bonds. The van der Waals surface area contributed by atoms with E-state index in [0.29, 0.717) is 18.8 Å². The van der Waals surface area contributed by atoms with E-state index in [0.717, 1.165) is 24.8 Å². The van der Waals surface area contributed by atoms with Crippen molar-refractivity contribution in [1.29, 1.82) is 0 Å². The second-order valence-corrected chi connectivity index (χ2v) is 7.95. The van der Waals surface area contributed by atoms with E-state index in [9.17, 15) is 8.42 Å². The van der Waals surface area contributed by atoms with Crippen molar-refractivity contribution in [2.24, 2.45) is 16.5 Å². The van der Waals surface area contributed by atoms with Gasteiger partial charge in [0.25, 0.3) is 0 Å². The molecule has 0 heterocycles. The van der Waals surface area contributed by atoms with Gasteiger partial charge in [-0.05, 0) is 30.7 Å². The third-order valence-corrected chi connectivity index (χ3v) is 6.24. The summed E-state index contributed by atoms with van der Waals surface area (Å²) in [5.74, 6) is 0.386. The van der Waals surface area contributed by atoms with Crippen LogP contribution < -0.4 is 5.14 Å². The lowest BCUT2D eigenvalue weighted by Crippen LogP contribution is -2.57. The fourth-order valence-electron chi connectivity index (χ4n) is 4.02. The molecule has 1 aromatic rings. The van der Waals surface area contributed by atoms with E-state index in [4.69, 9.17) is 9.32 Å². The standard InChI is InChI=1S/C17H27NO3S/c1-4-16(3)14(2)9-8-12-17(16,21-22(18,19)20)13-15-10-6-5-7-11-15/h5-7,10-11,14H,4,8-9,12-13H2,1-3H3,(H2,18,19,20). The van der Waals surface area contributed by atoms with Crippen molar-refractivity contribution in [2.45, 2.75) is 58.5 Å². The summed E-state index contributed by atoms with van der Waals surface area (Å²) in [5.41, 5.74) is 0.0851. The smallest absolute Gasteiger partial charge is 0.251 e. The first-order valence-electron chi connectivity index (χ1n) is 8.00. The molecule has 1 aliphatic carbocycles. The summed E-state index contributed by atoms with van der Waals surface area (Å²) in [5, 5.41) is 5.28. The molecule has 1 fully saturated rings. The maximum absolute atomic E-state index is 11.8. The Hall–Kier alpha value is -0.910. The van der Waals surface area contributed by atoms with Crippen LogP contribution in [0.25, 0.3) is 0 Å². The Bertz CT molecular complexity index is 602. The quantitative estimate of drug-likeness (QED) is 0.901. The molecule has 2 rings (SSSR count). The van der Waals surface area contributed by atoms with Crippen molar-refractivity contribution >= 4 is 10.3 Å². The van der Waals surface area contributed by atoms with Gasteiger partial charge in [0.05, 0.1) is 5.60 Å². The Morgan fingerprint density at radius 3 is 2.50 bits per heavy atom. The number of hydrogen-bond acceptors (Lipinski definition) is 3. The summed E-state index contributed by atoms with van der Waals surface area (Å²) in [6.07, 6.45) is 4.19. The van der Waals surface area contributed by atoms with Crippen LogP contribution in [0.5, 0.6) is 0 Å². The zero-order chi connectivity index (χ0) is 16.4. The molecule has 3 atom stereocenters. The van der Waals surface area contributed by atoms with Gasteiger partial charge in [0.15, 0.2) is 0 Å². The summed E-state index contributed by atoms with van der Waals surface area (Å²) in [6.45, 7) is 6.44. The van der Waals surface area contributed by atoms with Gasteiger partial charge in [0, 0.05) is 11.8 Å². The molecule has 22 heavy (non-hydrogen) atoms. The van der Waals surface area contributed by atoms with E-state index in [-0.39, 0.29) is 5.41 Å². The van der Waals surface area contributed by atoms with Crippen LogP contribution in [-0.4, -0.2) is 14.0 Å². The van der Waals surface area contributed by atoms with E-state index in [1.807, 2.05) is 30.3 Å². The molecule has 3 unspecified atom stereocenters. The van der Waals surface area contributed by atoms with Crippen molar-refractivity contribution in [3.63, 3.8) is 0 Å². The van der Waals surface area contributed by atoms with Crippen molar-refractivity contribution in [3.8, 4) is 0 Å². The topological polar surface area (TPSA) is 69.4 Å². The van der Waals surface area contributed by atoms with Crippen molar-refractivity contribution in [3.05, 3.63) is 35.9 Å². The molecule has 0 aromatic heterocycles. The molecule has 1 aromatic carbocycles. The molecular weight excluding hydrogens is 298 g/mol. The Kier molecular flexibility index (Phi) is 5.00. The molecule has 1 saturated carbocycles. The van der Waals surface area contributed by atoms with Crippen LogP contribution in [0.1, 0.15) is 52.0 Å². The van der Waals surface area contributed by atoms with Crippen LogP contribution in [0.15, 0.2) is 30.3 Å². The Balaban J connectivity index is 2.48. The SMILES string of the molecule is CCC1(C)C(C)CCCC1(Cc1ccccc1)OS(N)(=O)=O. The molecule has 0 aliphatic heterocycles. The third kappa shape index (κ3) is 3.36. The second kappa shape index (κ2) is 6.30. The second-order valence-electron chi connectivity index (χ2n) is 6.80. The largest absolute Gasteiger partial charge is 0.333 e. The highest BCUT2D eigenvalue weighted by Crippen LogP contribution is 2.53. The van der Waals surface area contributed by atoms with Gasteiger partial charge in [-0.2, -0.15) is 8.42 Å². The molecule has 5 heteroatoms. The Labute approximate surface area is 134 Å². The molecule has 124 valence electrons. The maximum atomic E-state index is 11.8. The predicted octanol–water partition coefficient (Wildman–Crippen LogP) is 3.42. The molecule has 0 spiro atoms. The van der Waals surface area contributed by atoms with Crippen molar-refractivity contribution in [2.75, 3.05) is 0 Å². The first kappa shape index (κ1) is 17.4. The van der Waals surface area contributed by atoms with Gasteiger partial charge >= 0.3 is 10.3 Å². The predicted molar refractivity (Wildman–Crippen MR) is 88.5 cm³/mol. The first-order valence-corrected chi connectivity index (χ1v) is 9.47. The van der Waals surface area contributed by atoms with Gasteiger partial charge < -0.3 is 0 Å². The van der Waals surface area contributed by atoms with Gasteiger partial charge in [-0.15, -0.1) is 0 Å². The summed E-state index contributed by atoms with van der Waals surface area (Å²) in [4.78, 5) is 0. The highest BCUT2D eigenvalue weighted by Gasteiger charge is 2.54. The lowest BCUT2D eigenvalue weighted by atomic mass is 9.56. The third-order valence-electron chi connectivity index (χ3n) is 5.69. The van der Waals surface area contributed by atoms with E-state index in [1.54, 1.807) is 0 Å². The molecule has 2 N–H and O–H groups in total. The molecule has 0 radical (unpaired) electrons. The normalized spacial score (nSPS) is 32.8. The lowest BCUT2D eigenvalue weighted by molar-refractivity contribution is -0.111. The molecule has 1 aliphatic rings. The maximum Gasteiger partial charge on any atom is 0.333 e. The highest BCUT2D eigenvalue weighted by molar-refractivity contribution is 7.84. The molecule has 4 nitrogen and oxygen atoms in total. The minimum Gasteiger partial charge on any atom is -0.251 e. The van der Waals surface area contributed by atoms with Crippen LogP contribution in [-0.2, 0) is 20.9 Å². The van der Waals surface area contributed by atoms with Crippen LogP contribution in [0.4, 0.5) is 0 Å². The Morgan fingerprint density at radius 1 is 1.32 bits per heavy atom. The van der Waals surface area contributed by atoms with Crippen molar-refractivity contribution in [1.82, 2.24) is 0 Å². The Morgan fingerprint density at radius 2 is 1.95 bits per heavy atom. The first-order chi connectivity index (χ1) is 10.2. The van der Waals surface area contributed by atoms with Gasteiger partial charge in [-0.25, -0.2) is 5.14 Å². The van der Waals surface area contributed by atoms with E-state index < -0.39 is 15.9 Å².